The van der Waals surface area contributed by atoms with Gasteiger partial charge in [0.25, 0.3) is 0 Å². The highest BCUT2D eigenvalue weighted by atomic mass is 16.5. The molecule has 3 heteroatoms. The molecule has 2 aromatic rings. The molecular weight excluding hydrogens is 382 g/mol. The van der Waals surface area contributed by atoms with Gasteiger partial charge < -0.3 is 14.8 Å². The average Bonchev–Trinajstić information content (AvgIpc) is 2.76. The quantitative estimate of drug-likeness (QED) is 0.546. The van der Waals surface area contributed by atoms with E-state index in [2.05, 4.69) is 61.6 Å². The van der Waals surface area contributed by atoms with Crippen LogP contribution < -0.4 is 14.8 Å². The minimum atomic E-state index is 0.537. The van der Waals surface area contributed by atoms with Gasteiger partial charge in [0.15, 0.2) is 11.5 Å². The number of rotatable bonds is 8. The fourth-order valence-corrected chi connectivity index (χ4v) is 7.06. The van der Waals surface area contributed by atoms with Crippen LogP contribution in [0.3, 0.4) is 0 Å². The Morgan fingerprint density at radius 2 is 1.65 bits per heavy atom. The molecule has 166 valence electrons. The van der Waals surface area contributed by atoms with Crippen LogP contribution in [0, 0.1) is 30.1 Å². The summed E-state index contributed by atoms with van der Waals surface area (Å²) in [5, 5.41) is 3.90. The zero-order valence-corrected chi connectivity index (χ0v) is 19.3. The van der Waals surface area contributed by atoms with Gasteiger partial charge in [-0.25, -0.2) is 0 Å². The third-order valence-corrected chi connectivity index (χ3v) is 8.49. The Balaban J connectivity index is 1.21. The van der Waals surface area contributed by atoms with Gasteiger partial charge >= 0.3 is 0 Å². The lowest BCUT2D eigenvalue weighted by Crippen LogP contribution is -2.54. The molecular formula is C28H37NO2. The Kier molecular flexibility index (Phi) is 5.73. The van der Waals surface area contributed by atoms with Gasteiger partial charge in [0.1, 0.15) is 6.61 Å². The number of ether oxygens (including phenoxy) is 2. The van der Waals surface area contributed by atoms with Gasteiger partial charge in [-0.05, 0) is 104 Å². The highest BCUT2D eigenvalue weighted by molar-refractivity contribution is 5.43. The Hall–Kier alpha value is -2.00. The fourth-order valence-electron chi connectivity index (χ4n) is 7.06. The number of benzene rings is 2. The summed E-state index contributed by atoms with van der Waals surface area (Å²) >= 11 is 0. The first-order valence-corrected chi connectivity index (χ1v) is 12.1. The molecule has 4 aliphatic rings. The highest BCUT2D eigenvalue weighted by Crippen LogP contribution is 2.61. The Morgan fingerprint density at radius 3 is 2.29 bits per heavy atom. The summed E-state index contributed by atoms with van der Waals surface area (Å²) in [4.78, 5) is 0. The van der Waals surface area contributed by atoms with E-state index in [4.69, 9.17) is 9.47 Å². The monoisotopic (exact) mass is 419 g/mol. The van der Waals surface area contributed by atoms with Crippen molar-refractivity contribution in [2.24, 2.45) is 23.2 Å². The summed E-state index contributed by atoms with van der Waals surface area (Å²) in [6.07, 6.45) is 8.86. The van der Waals surface area contributed by atoms with Crippen LogP contribution >= 0.6 is 0 Å². The topological polar surface area (TPSA) is 30.5 Å². The summed E-state index contributed by atoms with van der Waals surface area (Å²) in [6.45, 7) is 6.00. The maximum Gasteiger partial charge on any atom is 0.161 e. The van der Waals surface area contributed by atoms with E-state index in [0.717, 1.165) is 35.8 Å². The lowest BCUT2D eigenvalue weighted by Gasteiger charge is -2.59. The van der Waals surface area contributed by atoms with Crippen molar-refractivity contribution < 1.29 is 9.47 Å². The van der Waals surface area contributed by atoms with E-state index in [-0.39, 0.29) is 0 Å². The first-order chi connectivity index (χ1) is 15.0. The molecule has 31 heavy (non-hydrogen) atoms. The van der Waals surface area contributed by atoms with Crippen LogP contribution in [-0.2, 0) is 13.2 Å². The SMILES string of the molecule is COc1cc(CNC(C)C23CC4CC(CC(C4)C2)C3)ccc1OCc1ccccc1C. The lowest BCUT2D eigenvalue weighted by atomic mass is 9.48. The molecule has 0 spiro atoms. The summed E-state index contributed by atoms with van der Waals surface area (Å²) < 4.78 is 11.8. The largest absolute Gasteiger partial charge is 0.493 e. The Morgan fingerprint density at radius 1 is 0.968 bits per heavy atom. The number of hydrogen-bond acceptors (Lipinski definition) is 3. The van der Waals surface area contributed by atoms with Crippen molar-refractivity contribution in [3.63, 3.8) is 0 Å². The molecule has 1 unspecified atom stereocenters. The Labute approximate surface area is 187 Å². The van der Waals surface area contributed by atoms with Crippen LogP contribution in [0.5, 0.6) is 11.5 Å². The van der Waals surface area contributed by atoms with Crippen LogP contribution in [0.1, 0.15) is 62.1 Å². The zero-order valence-electron chi connectivity index (χ0n) is 19.3. The zero-order chi connectivity index (χ0) is 21.4. The summed E-state index contributed by atoms with van der Waals surface area (Å²) in [5.74, 6) is 4.62. The van der Waals surface area contributed by atoms with Crippen LogP contribution in [-0.4, -0.2) is 13.2 Å². The van der Waals surface area contributed by atoms with Gasteiger partial charge in [0.05, 0.1) is 7.11 Å². The standard InChI is InChI=1S/C28H37NO2/c1-19-6-4-5-7-25(19)18-31-26-9-8-21(13-27(26)30-3)17-29-20(2)28-14-22-10-23(15-28)12-24(11-22)16-28/h4-9,13,20,22-24,29H,10-12,14-18H2,1-3H3. The molecule has 3 nitrogen and oxygen atoms in total. The van der Waals surface area contributed by atoms with E-state index in [9.17, 15) is 0 Å². The van der Waals surface area contributed by atoms with Crippen LogP contribution in [0.2, 0.25) is 0 Å². The van der Waals surface area contributed by atoms with Crippen molar-refractivity contribution in [3.8, 4) is 11.5 Å². The van der Waals surface area contributed by atoms with Gasteiger partial charge in [-0.15, -0.1) is 0 Å². The predicted molar refractivity (Wildman–Crippen MR) is 125 cm³/mol. The van der Waals surface area contributed by atoms with E-state index >= 15 is 0 Å². The molecule has 0 radical (unpaired) electrons. The van der Waals surface area contributed by atoms with E-state index in [1.165, 1.54) is 55.2 Å². The second kappa shape index (κ2) is 8.50. The number of aryl methyl sites for hydroxylation is 1. The molecule has 0 amide bonds. The molecule has 1 N–H and O–H groups in total. The second-order valence-corrected chi connectivity index (χ2v) is 10.6. The molecule has 0 heterocycles. The minimum absolute atomic E-state index is 0.537. The lowest BCUT2D eigenvalue weighted by molar-refractivity contribution is -0.0706. The maximum atomic E-state index is 6.09. The smallest absolute Gasteiger partial charge is 0.161 e. The van der Waals surface area contributed by atoms with Crippen molar-refractivity contribution >= 4 is 0 Å². The maximum absolute atomic E-state index is 6.09. The van der Waals surface area contributed by atoms with E-state index in [0.29, 0.717) is 18.1 Å². The van der Waals surface area contributed by atoms with Crippen LogP contribution in [0.15, 0.2) is 42.5 Å². The van der Waals surface area contributed by atoms with E-state index < -0.39 is 0 Å². The number of hydrogen-bond donors (Lipinski definition) is 1. The summed E-state index contributed by atoms with van der Waals surface area (Å²) in [5.41, 5.74) is 4.26. The second-order valence-electron chi connectivity index (χ2n) is 10.6. The third-order valence-electron chi connectivity index (χ3n) is 8.49. The van der Waals surface area contributed by atoms with E-state index in [1.807, 2.05) is 0 Å². The third kappa shape index (κ3) is 4.22. The molecule has 0 aliphatic heterocycles. The van der Waals surface area contributed by atoms with Crippen molar-refractivity contribution in [2.75, 3.05) is 7.11 Å². The van der Waals surface area contributed by atoms with Gasteiger partial charge in [0, 0.05) is 12.6 Å². The summed E-state index contributed by atoms with van der Waals surface area (Å²) in [6, 6.07) is 15.3. The molecule has 4 fully saturated rings. The fraction of sp³-hybridized carbons (Fsp3) is 0.571. The highest BCUT2D eigenvalue weighted by Gasteiger charge is 2.52. The molecule has 4 aliphatic carbocycles. The van der Waals surface area contributed by atoms with Gasteiger partial charge in [0.2, 0.25) is 0 Å². The van der Waals surface area contributed by atoms with Crippen molar-refractivity contribution in [1.82, 2.24) is 5.32 Å². The summed E-state index contributed by atoms with van der Waals surface area (Å²) in [7, 11) is 1.73. The van der Waals surface area contributed by atoms with Crippen LogP contribution in [0.25, 0.3) is 0 Å². The van der Waals surface area contributed by atoms with Crippen molar-refractivity contribution in [3.05, 3.63) is 59.2 Å². The molecule has 0 saturated heterocycles. The predicted octanol–water partition coefficient (Wildman–Crippen LogP) is 6.28. The van der Waals surface area contributed by atoms with Gasteiger partial charge in [-0.3, -0.25) is 0 Å². The molecule has 4 bridgehead atoms. The first-order valence-electron chi connectivity index (χ1n) is 12.1. The molecule has 6 rings (SSSR count). The normalized spacial score (nSPS) is 29.7. The molecule has 2 aromatic carbocycles. The first kappa shape index (κ1) is 20.9. The van der Waals surface area contributed by atoms with Gasteiger partial charge in [-0.2, -0.15) is 0 Å². The van der Waals surface area contributed by atoms with E-state index in [1.54, 1.807) is 7.11 Å². The van der Waals surface area contributed by atoms with Crippen molar-refractivity contribution in [1.29, 1.82) is 0 Å². The minimum Gasteiger partial charge on any atom is -0.493 e. The number of nitrogens with one attached hydrogen (secondary N) is 1. The average molecular weight is 420 g/mol. The molecule has 1 atom stereocenters. The molecule has 0 aromatic heterocycles. The van der Waals surface area contributed by atoms with Crippen molar-refractivity contribution in [2.45, 2.75) is 71.6 Å². The van der Waals surface area contributed by atoms with Crippen LogP contribution in [0.4, 0.5) is 0 Å². The van der Waals surface area contributed by atoms with Gasteiger partial charge in [-0.1, -0.05) is 30.3 Å². The number of methoxy groups -OCH3 is 1. The molecule has 4 saturated carbocycles. The Bertz CT molecular complexity index is 886.